The summed E-state index contributed by atoms with van der Waals surface area (Å²) < 4.78 is 21.0. The SMILES string of the molecule is CCOC(=O)c1c(NC(=O)COC(=O)COc2ccccc2OCC)sc2c1CCC2. The molecule has 0 fully saturated rings. The summed E-state index contributed by atoms with van der Waals surface area (Å²) in [6.07, 6.45) is 2.63. The van der Waals surface area contributed by atoms with Crippen LogP contribution in [0, 0.1) is 0 Å². The summed E-state index contributed by atoms with van der Waals surface area (Å²) >= 11 is 1.37. The van der Waals surface area contributed by atoms with Crippen molar-refractivity contribution in [3.8, 4) is 11.5 Å². The van der Waals surface area contributed by atoms with Gasteiger partial charge in [0, 0.05) is 4.88 Å². The normalized spacial score (nSPS) is 12.1. The van der Waals surface area contributed by atoms with Crippen LogP contribution in [0.1, 0.15) is 41.1 Å². The topological polar surface area (TPSA) is 100 Å². The molecule has 1 aromatic heterocycles. The van der Waals surface area contributed by atoms with E-state index in [2.05, 4.69) is 5.32 Å². The zero-order valence-electron chi connectivity index (χ0n) is 17.5. The number of rotatable bonds is 10. The fourth-order valence-electron chi connectivity index (χ4n) is 3.24. The first kappa shape index (κ1) is 22.6. The van der Waals surface area contributed by atoms with Crippen LogP contribution in [0.5, 0.6) is 11.5 Å². The number of benzene rings is 1. The smallest absolute Gasteiger partial charge is 0.344 e. The minimum absolute atomic E-state index is 0.251. The third-order valence-electron chi connectivity index (χ3n) is 4.51. The van der Waals surface area contributed by atoms with Crippen molar-refractivity contribution in [2.75, 3.05) is 31.7 Å². The molecule has 0 atom stereocenters. The molecular formula is C22H25NO7S. The fraction of sp³-hybridized carbons (Fsp3) is 0.409. The Balaban J connectivity index is 1.53. The van der Waals surface area contributed by atoms with Crippen LogP contribution in [-0.4, -0.2) is 44.3 Å². The molecule has 1 aromatic carbocycles. The second-order valence-electron chi connectivity index (χ2n) is 6.66. The number of aryl methyl sites for hydroxylation is 1. The van der Waals surface area contributed by atoms with Crippen molar-refractivity contribution in [3.05, 3.63) is 40.3 Å². The Morgan fingerprint density at radius 3 is 2.42 bits per heavy atom. The number of thiophene rings is 1. The third kappa shape index (κ3) is 5.75. The van der Waals surface area contributed by atoms with Crippen LogP contribution >= 0.6 is 11.3 Å². The molecule has 9 heteroatoms. The molecule has 3 rings (SSSR count). The number of nitrogens with one attached hydrogen (secondary N) is 1. The largest absolute Gasteiger partial charge is 0.490 e. The van der Waals surface area contributed by atoms with Gasteiger partial charge in [0.05, 0.1) is 18.8 Å². The predicted octanol–water partition coefficient (Wildman–Crippen LogP) is 3.37. The Labute approximate surface area is 184 Å². The van der Waals surface area contributed by atoms with Gasteiger partial charge in [-0.3, -0.25) is 4.79 Å². The van der Waals surface area contributed by atoms with Crippen LogP contribution in [0.15, 0.2) is 24.3 Å². The van der Waals surface area contributed by atoms with Gasteiger partial charge in [0.25, 0.3) is 5.91 Å². The first-order chi connectivity index (χ1) is 15.0. The highest BCUT2D eigenvalue weighted by molar-refractivity contribution is 7.17. The van der Waals surface area contributed by atoms with E-state index in [9.17, 15) is 14.4 Å². The third-order valence-corrected chi connectivity index (χ3v) is 5.72. The van der Waals surface area contributed by atoms with Gasteiger partial charge in [0.2, 0.25) is 0 Å². The quantitative estimate of drug-likeness (QED) is 0.557. The van der Waals surface area contributed by atoms with Crippen LogP contribution < -0.4 is 14.8 Å². The van der Waals surface area contributed by atoms with Gasteiger partial charge in [-0.05, 0) is 50.8 Å². The number of carbonyl (C=O) groups is 3. The Bertz CT molecular complexity index is 953. The number of anilines is 1. The lowest BCUT2D eigenvalue weighted by Gasteiger charge is -2.11. The van der Waals surface area contributed by atoms with Crippen molar-refractivity contribution in [3.63, 3.8) is 0 Å². The molecule has 31 heavy (non-hydrogen) atoms. The number of para-hydroxylation sites is 2. The molecule has 0 bridgehead atoms. The van der Waals surface area contributed by atoms with Gasteiger partial charge in [0.15, 0.2) is 24.7 Å². The van der Waals surface area contributed by atoms with E-state index in [0.717, 1.165) is 29.7 Å². The highest BCUT2D eigenvalue weighted by Gasteiger charge is 2.28. The molecule has 0 unspecified atom stereocenters. The molecular weight excluding hydrogens is 422 g/mol. The van der Waals surface area contributed by atoms with Crippen molar-refractivity contribution in [1.29, 1.82) is 0 Å². The Morgan fingerprint density at radius 2 is 1.71 bits per heavy atom. The van der Waals surface area contributed by atoms with Crippen LogP contribution in [0.2, 0.25) is 0 Å². The van der Waals surface area contributed by atoms with E-state index in [1.165, 1.54) is 11.3 Å². The lowest BCUT2D eigenvalue weighted by molar-refractivity contribution is -0.149. The summed E-state index contributed by atoms with van der Waals surface area (Å²) in [4.78, 5) is 37.7. The van der Waals surface area contributed by atoms with Crippen molar-refractivity contribution in [2.45, 2.75) is 33.1 Å². The number of fused-ring (bicyclic) bond motifs is 1. The van der Waals surface area contributed by atoms with E-state index in [0.29, 0.717) is 28.7 Å². The highest BCUT2D eigenvalue weighted by Crippen LogP contribution is 2.39. The summed E-state index contributed by atoms with van der Waals surface area (Å²) in [5, 5.41) is 3.11. The van der Waals surface area contributed by atoms with Gasteiger partial charge in [0.1, 0.15) is 5.00 Å². The van der Waals surface area contributed by atoms with Crippen LogP contribution in [0.25, 0.3) is 0 Å². The van der Waals surface area contributed by atoms with Gasteiger partial charge in [-0.2, -0.15) is 0 Å². The Morgan fingerprint density at radius 1 is 0.968 bits per heavy atom. The minimum atomic E-state index is -0.694. The van der Waals surface area contributed by atoms with E-state index in [4.69, 9.17) is 18.9 Å². The first-order valence-electron chi connectivity index (χ1n) is 10.1. The van der Waals surface area contributed by atoms with Gasteiger partial charge in [-0.1, -0.05) is 12.1 Å². The fourth-order valence-corrected chi connectivity index (χ4v) is 4.54. The van der Waals surface area contributed by atoms with E-state index in [-0.39, 0.29) is 13.2 Å². The number of amides is 1. The lowest BCUT2D eigenvalue weighted by atomic mass is 10.1. The molecule has 2 aromatic rings. The second kappa shape index (κ2) is 10.8. The van der Waals surface area contributed by atoms with Crippen LogP contribution in [-0.2, 0) is 31.9 Å². The molecule has 0 saturated carbocycles. The average molecular weight is 448 g/mol. The highest BCUT2D eigenvalue weighted by atomic mass is 32.1. The maximum Gasteiger partial charge on any atom is 0.344 e. The number of ether oxygens (including phenoxy) is 4. The molecule has 1 N–H and O–H groups in total. The molecule has 1 aliphatic rings. The van der Waals surface area contributed by atoms with Crippen molar-refractivity contribution < 1.29 is 33.3 Å². The summed E-state index contributed by atoms with van der Waals surface area (Å²) in [5.41, 5.74) is 1.35. The molecule has 1 amide bonds. The van der Waals surface area contributed by atoms with E-state index < -0.39 is 24.5 Å². The van der Waals surface area contributed by atoms with Gasteiger partial charge < -0.3 is 24.3 Å². The summed E-state index contributed by atoms with van der Waals surface area (Å²) in [5.74, 6) is -0.740. The molecule has 0 aliphatic heterocycles. The molecule has 0 radical (unpaired) electrons. The Kier molecular flexibility index (Phi) is 7.88. The zero-order valence-corrected chi connectivity index (χ0v) is 18.3. The average Bonchev–Trinajstić information content (AvgIpc) is 3.32. The molecule has 0 spiro atoms. The van der Waals surface area contributed by atoms with Crippen molar-refractivity contribution >= 4 is 34.2 Å². The Hall–Kier alpha value is -3.07. The van der Waals surface area contributed by atoms with Crippen LogP contribution in [0.3, 0.4) is 0 Å². The van der Waals surface area contributed by atoms with Gasteiger partial charge in [-0.15, -0.1) is 11.3 Å². The molecule has 1 heterocycles. The summed E-state index contributed by atoms with van der Waals surface area (Å²) in [7, 11) is 0. The zero-order chi connectivity index (χ0) is 22.2. The molecule has 166 valence electrons. The van der Waals surface area contributed by atoms with E-state index in [1.54, 1.807) is 31.2 Å². The maximum atomic E-state index is 12.3. The second-order valence-corrected chi connectivity index (χ2v) is 7.76. The molecule has 0 saturated heterocycles. The number of hydrogen-bond donors (Lipinski definition) is 1. The number of hydrogen-bond acceptors (Lipinski definition) is 8. The van der Waals surface area contributed by atoms with Gasteiger partial charge in [-0.25, -0.2) is 9.59 Å². The van der Waals surface area contributed by atoms with Crippen molar-refractivity contribution in [1.82, 2.24) is 0 Å². The van der Waals surface area contributed by atoms with Crippen molar-refractivity contribution in [2.24, 2.45) is 0 Å². The summed E-state index contributed by atoms with van der Waals surface area (Å²) in [6, 6.07) is 6.97. The first-order valence-corrected chi connectivity index (χ1v) is 11.0. The van der Waals surface area contributed by atoms with Gasteiger partial charge >= 0.3 is 11.9 Å². The molecule has 8 nitrogen and oxygen atoms in total. The minimum Gasteiger partial charge on any atom is -0.490 e. The van der Waals surface area contributed by atoms with E-state index in [1.807, 2.05) is 6.92 Å². The lowest BCUT2D eigenvalue weighted by Crippen LogP contribution is -2.24. The molecule has 1 aliphatic carbocycles. The summed E-state index contributed by atoms with van der Waals surface area (Å²) in [6.45, 7) is 3.45. The number of carbonyl (C=O) groups excluding carboxylic acids is 3. The number of esters is 2. The van der Waals surface area contributed by atoms with E-state index >= 15 is 0 Å². The maximum absolute atomic E-state index is 12.3. The standard InChI is InChI=1S/C22H25NO7S/c1-3-27-15-9-5-6-10-16(15)29-13-19(25)30-12-18(24)23-21-20(22(26)28-4-2)14-8-7-11-17(14)31-21/h5-6,9-10H,3-4,7-8,11-13H2,1-2H3,(H,23,24). The predicted molar refractivity (Wildman–Crippen MR) is 115 cm³/mol. The monoisotopic (exact) mass is 447 g/mol. The van der Waals surface area contributed by atoms with Crippen LogP contribution in [0.4, 0.5) is 5.00 Å².